The summed E-state index contributed by atoms with van der Waals surface area (Å²) in [5.41, 5.74) is 0.621. The molecule has 1 aliphatic carbocycles. The van der Waals surface area contributed by atoms with Gasteiger partial charge in [-0.2, -0.15) is 0 Å². The van der Waals surface area contributed by atoms with Crippen LogP contribution in [0.15, 0.2) is 24.3 Å². The molecule has 0 bridgehead atoms. The average Bonchev–Trinajstić information content (AvgIpc) is 2.63. The maximum atomic E-state index is 13.5. The van der Waals surface area contributed by atoms with Crippen LogP contribution in [0.4, 0.5) is 4.39 Å². The van der Waals surface area contributed by atoms with Crippen molar-refractivity contribution >= 4 is 11.8 Å². The highest BCUT2D eigenvalue weighted by Gasteiger charge is 2.29. The van der Waals surface area contributed by atoms with Crippen LogP contribution in [0, 0.1) is 17.7 Å². The summed E-state index contributed by atoms with van der Waals surface area (Å²) >= 11 is 0. The summed E-state index contributed by atoms with van der Waals surface area (Å²) in [6.45, 7) is 3.28. The van der Waals surface area contributed by atoms with Gasteiger partial charge in [0.1, 0.15) is 5.82 Å². The topological polar surface area (TPSA) is 58.2 Å². The van der Waals surface area contributed by atoms with Crippen molar-refractivity contribution in [1.82, 2.24) is 10.6 Å². The highest BCUT2D eigenvalue weighted by atomic mass is 19.1. The number of hydrogen-bond donors (Lipinski definition) is 2. The Labute approximate surface area is 149 Å². The first-order valence-corrected chi connectivity index (χ1v) is 9.40. The monoisotopic (exact) mass is 348 g/mol. The standard InChI is InChI=1S/C20H29FN2O2/c1-2-3-13-22-19(24)16-8-10-17(11-9-16)20(25)23-14-12-15-6-4-5-7-18(15)21/h4-7,16-17H,2-3,8-14H2,1H3,(H,22,24)(H,23,25). The van der Waals surface area contributed by atoms with E-state index in [9.17, 15) is 14.0 Å². The predicted molar refractivity (Wildman–Crippen MR) is 96.5 cm³/mol. The van der Waals surface area contributed by atoms with Gasteiger partial charge < -0.3 is 10.6 Å². The second-order valence-electron chi connectivity index (χ2n) is 6.83. The molecule has 1 saturated carbocycles. The quantitative estimate of drug-likeness (QED) is 0.709. The van der Waals surface area contributed by atoms with Crippen molar-refractivity contribution in [2.75, 3.05) is 13.1 Å². The zero-order valence-corrected chi connectivity index (χ0v) is 15.0. The van der Waals surface area contributed by atoms with Gasteiger partial charge in [-0.15, -0.1) is 0 Å². The second kappa shape index (κ2) is 10.2. The van der Waals surface area contributed by atoms with Crippen LogP contribution in [-0.2, 0) is 16.0 Å². The zero-order chi connectivity index (χ0) is 18.1. The molecule has 2 amide bonds. The minimum atomic E-state index is -0.230. The van der Waals surface area contributed by atoms with Crippen molar-refractivity contribution in [3.05, 3.63) is 35.6 Å². The van der Waals surface area contributed by atoms with Crippen LogP contribution in [0.2, 0.25) is 0 Å². The van der Waals surface area contributed by atoms with Crippen LogP contribution in [0.5, 0.6) is 0 Å². The fourth-order valence-corrected chi connectivity index (χ4v) is 3.32. The Balaban J connectivity index is 1.67. The fourth-order valence-electron chi connectivity index (χ4n) is 3.32. The molecular weight excluding hydrogens is 319 g/mol. The van der Waals surface area contributed by atoms with Crippen molar-refractivity contribution in [1.29, 1.82) is 0 Å². The maximum Gasteiger partial charge on any atom is 0.223 e. The number of hydrogen-bond acceptors (Lipinski definition) is 2. The second-order valence-corrected chi connectivity index (χ2v) is 6.83. The molecule has 0 aliphatic heterocycles. The van der Waals surface area contributed by atoms with Gasteiger partial charge in [-0.25, -0.2) is 4.39 Å². The minimum absolute atomic E-state index is 0.0275. The van der Waals surface area contributed by atoms with E-state index in [-0.39, 0.29) is 29.5 Å². The number of benzene rings is 1. The summed E-state index contributed by atoms with van der Waals surface area (Å²) in [4.78, 5) is 24.3. The number of unbranched alkanes of at least 4 members (excludes halogenated alkanes) is 1. The first-order chi connectivity index (χ1) is 12.1. The molecule has 0 aromatic heterocycles. The lowest BCUT2D eigenvalue weighted by Crippen LogP contribution is -2.38. The highest BCUT2D eigenvalue weighted by molar-refractivity contribution is 5.81. The number of carbonyl (C=O) groups is 2. The first kappa shape index (κ1) is 19.4. The summed E-state index contributed by atoms with van der Waals surface area (Å²) in [6, 6.07) is 6.63. The number of nitrogens with one attached hydrogen (secondary N) is 2. The van der Waals surface area contributed by atoms with Crippen molar-refractivity contribution < 1.29 is 14.0 Å². The molecule has 0 unspecified atom stereocenters. The van der Waals surface area contributed by atoms with E-state index in [2.05, 4.69) is 17.6 Å². The largest absolute Gasteiger partial charge is 0.356 e. The van der Waals surface area contributed by atoms with E-state index in [1.54, 1.807) is 18.2 Å². The number of halogens is 1. The summed E-state index contributed by atoms with van der Waals surface area (Å²) in [5.74, 6) is -0.0565. The van der Waals surface area contributed by atoms with Gasteiger partial charge >= 0.3 is 0 Å². The average molecular weight is 348 g/mol. The minimum Gasteiger partial charge on any atom is -0.356 e. The van der Waals surface area contributed by atoms with Crippen LogP contribution >= 0.6 is 0 Å². The van der Waals surface area contributed by atoms with E-state index < -0.39 is 0 Å². The summed E-state index contributed by atoms with van der Waals surface area (Å²) < 4.78 is 13.5. The Hall–Kier alpha value is -1.91. The van der Waals surface area contributed by atoms with Gasteiger partial charge in [-0.3, -0.25) is 9.59 Å². The molecule has 5 heteroatoms. The molecule has 0 atom stereocenters. The summed E-state index contributed by atoms with van der Waals surface area (Å²) in [5, 5.41) is 5.89. The Kier molecular flexibility index (Phi) is 7.89. The molecule has 4 nitrogen and oxygen atoms in total. The Morgan fingerprint density at radius 3 is 2.12 bits per heavy atom. The van der Waals surface area contributed by atoms with Crippen molar-refractivity contribution in [2.24, 2.45) is 11.8 Å². The normalized spacial score (nSPS) is 20.1. The van der Waals surface area contributed by atoms with Gasteiger partial charge in [0.05, 0.1) is 0 Å². The van der Waals surface area contributed by atoms with Crippen molar-refractivity contribution in [3.63, 3.8) is 0 Å². The molecule has 1 aromatic rings. The highest BCUT2D eigenvalue weighted by Crippen LogP contribution is 2.29. The molecule has 0 saturated heterocycles. The van der Waals surface area contributed by atoms with E-state index in [0.29, 0.717) is 18.5 Å². The first-order valence-electron chi connectivity index (χ1n) is 9.40. The number of rotatable bonds is 8. The molecule has 1 fully saturated rings. The van der Waals surface area contributed by atoms with Gasteiger partial charge in [0.2, 0.25) is 11.8 Å². The van der Waals surface area contributed by atoms with Crippen LogP contribution in [0.3, 0.4) is 0 Å². The molecule has 0 heterocycles. The molecule has 25 heavy (non-hydrogen) atoms. The van der Waals surface area contributed by atoms with Crippen LogP contribution in [-0.4, -0.2) is 24.9 Å². The Bertz CT molecular complexity index is 569. The van der Waals surface area contributed by atoms with E-state index in [1.165, 1.54) is 6.07 Å². The van der Waals surface area contributed by atoms with Gasteiger partial charge in [0, 0.05) is 24.9 Å². The van der Waals surface area contributed by atoms with Crippen LogP contribution in [0.1, 0.15) is 51.0 Å². The SMILES string of the molecule is CCCCNC(=O)C1CCC(C(=O)NCCc2ccccc2F)CC1. The maximum absolute atomic E-state index is 13.5. The van der Waals surface area contributed by atoms with E-state index in [4.69, 9.17) is 0 Å². The number of carbonyl (C=O) groups excluding carboxylic acids is 2. The Morgan fingerprint density at radius 1 is 1.00 bits per heavy atom. The summed E-state index contributed by atoms with van der Waals surface area (Å²) in [6.07, 6.45) is 5.60. The molecule has 2 rings (SSSR count). The molecular formula is C20H29FN2O2. The molecule has 0 radical (unpaired) electrons. The summed E-state index contributed by atoms with van der Waals surface area (Å²) in [7, 11) is 0. The van der Waals surface area contributed by atoms with Crippen LogP contribution in [0.25, 0.3) is 0 Å². The number of amides is 2. The lowest BCUT2D eigenvalue weighted by Gasteiger charge is -2.27. The third-order valence-corrected chi connectivity index (χ3v) is 4.95. The molecule has 138 valence electrons. The molecule has 2 N–H and O–H groups in total. The third kappa shape index (κ3) is 6.15. The van der Waals surface area contributed by atoms with E-state index in [0.717, 1.165) is 45.1 Å². The van der Waals surface area contributed by atoms with Crippen molar-refractivity contribution in [3.8, 4) is 0 Å². The fraction of sp³-hybridized carbons (Fsp3) is 0.600. The third-order valence-electron chi connectivity index (χ3n) is 4.95. The molecule has 1 aliphatic rings. The predicted octanol–water partition coefficient (Wildman–Crippen LogP) is 3.21. The van der Waals surface area contributed by atoms with Crippen LogP contribution < -0.4 is 10.6 Å². The van der Waals surface area contributed by atoms with Gasteiger partial charge in [-0.05, 0) is 50.2 Å². The van der Waals surface area contributed by atoms with Gasteiger partial charge in [-0.1, -0.05) is 31.5 Å². The lowest BCUT2D eigenvalue weighted by molar-refractivity contribution is -0.130. The lowest BCUT2D eigenvalue weighted by atomic mass is 9.81. The smallest absolute Gasteiger partial charge is 0.223 e. The van der Waals surface area contributed by atoms with Gasteiger partial charge in [0.25, 0.3) is 0 Å². The van der Waals surface area contributed by atoms with Gasteiger partial charge in [0.15, 0.2) is 0 Å². The Morgan fingerprint density at radius 2 is 1.56 bits per heavy atom. The van der Waals surface area contributed by atoms with E-state index >= 15 is 0 Å². The molecule has 1 aromatic carbocycles. The zero-order valence-electron chi connectivity index (χ0n) is 15.0. The molecule has 0 spiro atoms. The van der Waals surface area contributed by atoms with E-state index in [1.807, 2.05) is 0 Å². The van der Waals surface area contributed by atoms with Crippen molar-refractivity contribution in [2.45, 2.75) is 51.9 Å².